The molecule has 3 atom stereocenters. The van der Waals surface area contributed by atoms with E-state index < -0.39 is 14.4 Å². The summed E-state index contributed by atoms with van der Waals surface area (Å²) >= 11 is 0. The van der Waals surface area contributed by atoms with E-state index in [-0.39, 0.29) is 29.3 Å². The summed E-state index contributed by atoms with van der Waals surface area (Å²) in [5.74, 6) is -0.449. The molecule has 0 aliphatic carbocycles. The number of rotatable bonds is 10. The summed E-state index contributed by atoms with van der Waals surface area (Å²) in [7, 11) is -1.26. The van der Waals surface area contributed by atoms with Crippen LogP contribution >= 0.6 is 0 Å². The molecule has 1 N–H and O–H groups in total. The minimum absolute atomic E-state index is 0.0804. The van der Waals surface area contributed by atoms with Crippen LogP contribution < -0.4 is 10.4 Å². The van der Waals surface area contributed by atoms with Gasteiger partial charge < -0.3 is 14.3 Å². The number of aliphatic hydroxyl groups is 1. The third-order valence-corrected chi connectivity index (χ3v) is 11.6. The first-order valence-electron chi connectivity index (χ1n) is 11.7. The van der Waals surface area contributed by atoms with E-state index in [1.807, 2.05) is 39.0 Å². The Morgan fingerprint density at radius 2 is 1.48 bits per heavy atom. The first-order chi connectivity index (χ1) is 15.5. The standard InChI is InChI=1S/C28H40O4Si/c1-21(18-19-26(29)31-7)23(3)27(30)22(2)20-32-33(28(4,5)6,24-14-10-8-11-15-24)25-16-12-9-13-17-25/h8-18,22-23,27,30H,19-20H2,1-7H3/b21-18+/t22-,23+,27+/m0/s1. The summed E-state index contributed by atoms with van der Waals surface area (Å²) in [6.07, 6.45) is 1.47. The molecule has 5 heteroatoms. The first-order valence-corrected chi connectivity index (χ1v) is 13.6. The molecule has 2 aromatic rings. The van der Waals surface area contributed by atoms with Gasteiger partial charge in [0.05, 0.1) is 19.6 Å². The van der Waals surface area contributed by atoms with E-state index in [2.05, 4.69) is 69.3 Å². The van der Waals surface area contributed by atoms with Gasteiger partial charge in [0.2, 0.25) is 0 Å². The lowest BCUT2D eigenvalue weighted by atomic mass is 9.88. The van der Waals surface area contributed by atoms with Crippen LogP contribution in [0.25, 0.3) is 0 Å². The van der Waals surface area contributed by atoms with Gasteiger partial charge in [-0.15, -0.1) is 0 Å². The van der Waals surface area contributed by atoms with E-state index in [0.29, 0.717) is 6.61 Å². The zero-order valence-corrected chi connectivity index (χ0v) is 22.2. The van der Waals surface area contributed by atoms with Gasteiger partial charge in [-0.25, -0.2) is 0 Å². The Morgan fingerprint density at radius 1 is 1.00 bits per heavy atom. The number of methoxy groups -OCH3 is 1. The molecule has 2 aromatic carbocycles. The molecule has 2 rings (SSSR count). The lowest BCUT2D eigenvalue weighted by Gasteiger charge is -2.44. The maximum Gasteiger partial charge on any atom is 0.309 e. The highest BCUT2D eigenvalue weighted by Gasteiger charge is 2.50. The van der Waals surface area contributed by atoms with Crippen LogP contribution in [0.2, 0.25) is 5.04 Å². The maximum absolute atomic E-state index is 11.5. The average Bonchev–Trinajstić information content (AvgIpc) is 2.82. The average molecular weight is 469 g/mol. The van der Waals surface area contributed by atoms with E-state index >= 15 is 0 Å². The molecule has 33 heavy (non-hydrogen) atoms. The van der Waals surface area contributed by atoms with Crippen LogP contribution in [0, 0.1) is 11.8 Å². The van der Waals surface area contributed by atoms with Gasteiger partial charge in [0, 0.05) is 18.4 Å². The number of carbonyl (C=O) groups excluding carboxylic acids is 1. The first kappa shape index (κ1) is 27.0. The van der Waals surface area contributed by atoms with Crippen molar-refractivity contribution in [3.05, 3.63) is 72.3 Å². The van der Waals surface area contributed by atoms with Gasteiger partial charge in [-0.1, -0.05) is 107 Å². The molecule has 0 spiro atoms. The number of ether oxygens (including phenoxy) is 1. The van der Waals surface area contributed by atoms with E-state index in [4.69, 9.17) is 9.16 Å². The fourth-order valence-electron chi connectivity index (χ4n) is 4.39. The van der Waals surface area contributed by atoms with E-state index in [9.17, 15) is 9.90 Å². The molecule has 0 heterocycles. The van der Waals surface area contributed by atoms with Crippen LogP contribution in [-0.4, -0.2) is 39.2 Å². The molecule has 0 amide bonds. The highest BCUT2D eigenvalue weighted by molar-refractivity contribution is 6.99. The minimum Gasteiger partial charge on any atom is -0.469 e. The largest absolute Gasteiger partial charge is 0.469 e. The van der Waals surface area contributed by atoms with Crippen molar-refractivity contribution >= 4 is 24.7 Å². The molecule has 0 aliphatic heterocycles. The number of carbonyl (C=O) groups is 1. The van der Waals surface area contributed by atoms with Crippen molar-refractivity contribution in [3.8, 4) is 0 Å². The van der Waals surface area contributed by atoms with E-state index in [1.165, 1.54) is 17.5 Å². The van der Waals surface area contributed by atoms with Crippen LogP contribution in [0.5, 0.6) is 0 Å². The second kappa shape index (κ2) is 11.8. The topological polar surface area (TPSA) is 55.8 Å². The Hall–Kier alpha value is -2.21. The maximum atomic E-state index is 11.5. The van der Waals surface area contributed by atoms with Crippen molar-refractivity contribution in [2.75, 3.05) is 13.7 Å². The molecule has 0 saturated heterocycles. The fourth-order valence-corrected chi connectivity index (χ4v) is 9.06. The molecule has 0 unspecified atom stereocenters. The monoisotopic (exact) mass is 468 g/mol. The van der Waals surface area contributed by atoms with Gasteiger partial charge in [0.15, 0.2) is 0 Å². The number of aliphatic hydroxyl groups excluding tert-OH is 1. The van der Waals surface area contributed by atoms with Crippen molar-refractivity contribution in [1.29, 1.82) is 0 Å². The molecular formula is C28H40O4Si. The van der Waals surface area contributed by atoms with Crippen LogP contribution in [0.4, 0.5) is 0 Å². The van der Waals surface area contributed by atoms with Gasteiger partial charge in [0.1, 0.15) is 0 Å². The lowest BCUT2D eigenvalue weighted by Crippen LogP contribution is -2.67. The SMILES string of the molecule is COC(=O)C/C=C(\C)[C@@H](C)[C@H](O)[C@@H](C)CO[Si](c1ccccc1)(c1ccccc1)C(C)(C)C. The number of hydrogen-bond acceptors (Lipinski definition) is 4. The highest BCUT2D eigenvalue weighted by Crippen LogP contribution is 2.37. The third kappa shape index (κ3) is 6.43. The van der Waals surface area contributed by atoms with Gasteiger partial charge >= 0.3 is 5.97 Å². The van der Waals surface area contributed by atoms with Crippen molar-refractivity contribution in [1.82, 2.24) is 0 Å². The smallest absolute Gasteiger partial charge is 0.309 e. The molecule has 180 valence electrons. The molecule has 4 nitrogen and oxygen atoms in total. The number of hydrogen-bond donors (Lipinski definition) is 1. The zero-order chi connectivity index (χ0) is 24.6. The molecule has 0 saturated carbocycles. The predicted octanol–water partition coefficient (Wildman–Crippen LogP) is 4.71. The Morgan fingerprint density at radius 3 is 1.91 bits per heavy atom. The normalized spacial score (nSPS) is 15.6. The van der Waals surface area contributed by atoms with Crippen LogP contribution in [0.15, 0.2) is 72.3 Å². The number of benzene rings is 2. The van der Waals surface area contributed by atoms with Gasteiger partial charge in [-0.05, 0) is 22.3 Å². The quantitative estimate of drug-likeness (QED) is 0.312. The molecule has 0 fully saturated rings. The van der Waals surface area contributed by atoms with Crippen LogP contribution in [-0.2, 0) is 14.0 Å². The van der Waals surface area contributed by atoms with E-state index in [1.54, 1.807) is 0 Å². The van der Waals surface area contributed by atoms with Gasteiger partial charge in [0.25, 0.3) is 8.32 Å². The van der Waals surface area contributed by atoms with Crippen molar-refractivity contribution in [2.45, 2.75) is 59.1 Å². The zero-order valence-electron chi connectivity index (χ0n) is 21.2. The summed E-state index contributed by atoms with van der Waals surface area (Å²) in [5.41, 5.74) is 0.977. The summed E-state index contributed by atoms with van der Waals surface area (Å²) in [6.45, 7) is 13.2. The van der Waals surface area contributed by atoms with Gasteiger partial charge in [-0.3, -0.25) is 4.79 Å². The van der Waals surface area contributed by atoms with Crippen molar-refractivity contribution < 1.29 is 19.1 Å². The molecular weight excluding hydrogens is 428 g/mol. The molecule has 0 radical (unpaired) electrons. The van der Waals surface area contributed by atoms with Crippen LogP contribution in [0.3, 0.4) is 0 Å². The molecule has 0 aromatic heterocycles. The van der Waals surface area contributed by atoms with Gasteiger partial charge in [-0.2, -0.15) is 0 Å². The lowest BCUT2D eigenvalue weighted by molar-refractivity contribution is -0.139. The Labute approximate surface area is 200 Å². The molecule has 0 bridgehead atoms. The van der Waals surface area contributed by atoms with Crippen molar-refractivity contribution in [3.63, 3.8) is 0 Å². The summed E-state index contributed by atoms with van der Waals surface area (Å²) in [4.78, 5) is 11.5. The van der Waals surface area contributed by atoms with Crippen LogP contribution in [0.1, 0.15) is 48.0 Å². The Kier molecular flexibility index (Phi) is 9.65. The van der Waals surface area contributed by atoms with E-state index in [0.717, 1.165) is 5.57 Å². The fraction of sp³-hybridized carbons (Fsp3) is 0.464. The second-order valence-corrected chi connectivity index (χ2v) is 14.3. The molecule has 0 aliphatic rings. The Bertz CT molecular complexity index is 863. The van der Waals surface area contributed by atoms with Crippen molar-refractivity contribution in [2.24, 2.45) is 11.8 Å². The highest BCUT2D eigenvalue weighted by atomic mass is 28.4. The second-order valence-electron chi connectivity index (χ2n) is 9.96. The predicted molar refractivity (Wildman–Crippen MR) is 138 cm³/mol. The summed E-state index contributed by atoms with van der Waals surface area (Å²) < 4.78 is 11.7. The third-order valence-electron chi connectivity index (χ3n) is 6.61. The minimum atomic E-state index is -2.64. The summed E-state index contributed by atoms with van der Waals surface area (Å²) in [5, 5.41) is 13.4. The Balaban J connectivity index is 2.32. The number of esters is 1. The summed E-state index contributed by atoms with van der Waals surface area (Å²) in [6, 6.07) is 21.1.